The molecule has 1 aromatic carbocycles. The Balaban J connectivity index is 2.06. The highest BCUT2D eigenvalue weighted by Crippen LogP contribution is 2.44. The van der Waals surface area contributed by atoms with E-state index in [1.165, 1.54) is 25.7 Å². The van der Waals surface area contributed by atoms with Gasteiger partial charge in [0.15, 0.2) is 0 Å². The summed E-state index contributed by atoms with van der Waals surface area (Å²) in [6.45, 7) is 5.39. The molecule has 1 fully saturated rings. The Kier molecular flexibility index (Phi) is 3.53. The molecular formula is C14H21ClN2. The first-order chi connectivity index (χ1) is 8.06. The van der Waals surface area contributed by atoms with E-state index < -0.39 is 0 Å². The van der Waals surface area contributed by atoms with Gasteiger partial charge >= 0.3 is 0 Å². The van der Waals surface area contributed by atoms with E-state index in [1.54, 1.807) is 0 Å². The highest BCUT2D eigenvalue weighted by atomic mass is 35.5. The number of nitrogen functional groups attached to an aromatic ring is 1. The standard InChI is InChI=1S/C14H21ClN2/c1-3-14(5-4-6-14)9-17-13-8-11(15)12(16)7-10(13)2/h7-8,17H,3-6,9,16H2,1-2H3. The Morgan fingerprint density at radius 2 is 2.12 bits per heavy atom. The maximum absolute atomic E-state index is 6.05. The van der Waals surface area contributed by atoms with Crippen molar-refractivity contribution in [2.24, 2.45) is 5.41 Å². The molecule has 0 saturated heterocycles. The van der Waals surface area contributed by atoms with Crippen molar-refractivity contribution in [2.75, 3.05) is 17.6 Å². The van der Waals surface area contributed by atoms with Gasteiger partial charge in [-0.3, -0.25) is 0 Å². The van der Waals surface area contributed by atoms with Gasteiger partial charge in [0.25, 0.3) is 0 Å². The van der Waals surface area contributed by atoms with Crippen molar-refractivity contribution in [2.45, 2.75) is 39.5 Å². The van der Waals surface area contributed by atoms with Crippen LogP contribution < -0.4 is 11.1 Å². The Bertz CT molecular complexity index is 405. The third-order valence-corrected chi connectivity index (χ3v) is 4.49. The number of nitrogens with two attached hydrogens (primary N) is 1. The summed E-state index contributed by atoms with van der Waals surface area (Å²) in [5, 5.41) is 4.17. The molecule has 17 heavy (non-hydrogen) atoms. The minimum atomic E-state index is 0.514. The minimum absolute atomic E-state index is 0.514. The van der Waals surface area contributed by atoms with Crippen molar-refractivity contribution in [3.63, 3.8) is 0 Å². The molecule has 0 radical (unpaired) electrons. The van der Waals surface area contributed by atoms with Crippen molar-refractivity contribution in [1.29, 1.82) is 0 Å². The summed E-state index contributed by atoms with van der Waals surface area (Å²) in [5.41, 5.74) is 9.22. The summed E-state index contributed by atoms with van der Waals surface area (Å²) >= 11 is 6.05. The summed E-state index contributed by atoms with van der Waals surface area (Å²) < 4.78 is 0. The maximum atomic E-state index is 6.05. The number of hydrogen-bond acceptors (Lipinski definition) is 2. The lowest BCUT2D eigenvalue weighted by Gasteiger charge is -2.41. The zero-order valence-corrected chi connectivity index (χ0v) is 11.4. The molecule has 0 aliphatic heterocycles. The van der Waals surface area contributed by atoms with Crippen LogP contribution in [0, 0.1) is 12.3 Å². The van der Waals surface area contributed by atoms with E-state index >= 15 is 0 Å². The lowest BCUT2D eigenvalue weighted by atomic mass is 9.67. The second kappa shape index (κ2) is 4.77. The number of benzene rings is 1. The largest absolute Gasteiger partial charge is 0.398 e. The maximum Gasteiger partial charge on any atom is 0.0656 e. The lowest BCUT2D eigenvalue weighted by Crippen LogP contribution is -2.35. The molecule has 2 rings (SSSR count). The molecule has 0 spiro atoms. The number of halogens is 1. The first kappa shape index (κ1) is 12.6. The normalized spacial score (nSPS) is 17.6. The molecule has 0 amide bonds. The summed E-state index contributed by atoms with van der Waals surface area (Å²) in [4.78, 5) is 0. The molecule has 3 N–H and O–H groups in total. The molecular weight excluding hydrogens is 232 g/mol. The molecule has 2 nitrogen and oxygen atoms in total. The van der Waals surface area contributed by atoms with E-state index in [0.29, 0.717) is 16.1 Å². The molecule has 0 atom stereocenters. The predicted octanol–water partition coefficient (Wildman–Crippen LogP) is 4.22. The Morgan fingerprint density at radius 3 is 2.65 bits per heavy atom. The van der Waals surface area contributed by atoms with Gasteiger partial charge in [0.1, 0.15) is 0 Å². The van der Waals surface area contributed by atoms with E-state index in [1.807, 2.05) is 12.1 Å². The number of aryl methyl sites for hydroxylation is 1. The molecule has 1 saturated carbocycles. The van der Waals surface area contributed by atoms with Crippen molar-refractivity contribution in [3.05, 3.63) is 22.7 Å². The molecule has 0 aromatic heterocycles. The molecule has 1 aliphatic rings. The van der Waals surface area contributed by atoms with Crippen LogP contribution in [-0.4, -0.2) is 6.54 Å². The lowest BCUT2D eigenvalue weighted by molar-refractivity contribution is 0.145. The van der Waals surface area contributed by atoms with Crippen LogP contribution in [0.25, 0.3) is 0 Å². The smallest absolute Gasteiger partial charge is 0.0656 e. The van der Waals surface area contributed by atoms with Gasteiger partial charge in [-0.2, -0.15) is 0 Å². The summed E-state index contributed by atoms with van der Waals surface area (Å²) in [6, 6.07) is 3.87. The fraction of sp³-hybridized carbons (Fsp3) is 0.571. The number of rotatable bonds is 4. The van der Waals surface area contributed by atoms with Gasteiger partial charge in [-0.15, -0.1) is 0 Å². The van der Waals surface area contributed by atoms with Gasteiger partial charge in [-0.05, 0) is 49.3 Å². The molecule has 0 bridgehead atoms. The molecule has 1 aromatic rings. The van der Waals surface area contributed by atoms with Gasteiger partial charge in [0.2, 0.25) is 0 Å². The number of hydrogen-bond donors (Lipinski definition) is 2. The van der Waals surface area contributed by atoms with Crippen molar-refractivity contribution < 1.29 is 0 Å². The van der Waals surface area contributed by atoms with Crippen LogP contribution in [0.3, 0.4) is 0 Å². The quantitative estimate of drug-likeness (QED) is 0.788. The third-order valence-electron chi connectivity index (χ3n) is 4.16. The Labute approximate surface area is 109 Å². The number of anilines is 2. The third kappa shape index (κ3) is 2.52. The minimum Gasteiger partial charge on any atom is -0.398 e. The van der Waals surface area contributed by atoms with Crippen LogP contribution in [0.15, 0.2) is 12.1 Å². The summed E-state index contributed by atoms with van der Waals surface area (Å²) in [7, 11) is 0. The van der Waals surface area contributed by atoms with E-state index in [4.69, 9.17) is 17.3 Å². The summed E-state index contributed by atoms with van der Waals surface area (Å²) in [6.07, 6.45) is 5.31. The summed E-state index contributed by atoms with van der Waals surface area (Å²) in [5.74, 6) is 0. The van der Waals surface area contributed by atoms with Crippen molar-refractivity contribution >= 4 is 23.0 Å². The number of nitrogens with one attached hydrogen (secondary N) is 1. The van der Waals surface area contributed by atoms with Gasteiger partial charge in [0, 0.05) is 12.2 Å². The van der Waals surface area contributed by atoms with Gasteiger partial charge in [-0.1, -0.05) is 24.9 Å². The van der Waals surface area contributed by atoms with Crippen LogP contribution >= 0.6 is 11.6 Å². The van der Waals surface area contributed by atoms with E-state index in [9.17, 15) is 0 Å². The van der Waals surface area contributed by atoms with Gasteiger partial charge in [-0.25, -0.2) is 0 Å². The average Bonchev–Trinajstić information content (AvgIpc) is 2.24. The zero-order valence-electron chi connectivity index (χ0n) is 10.6. The average molecular weight is 253 g/mol. The van der Waals surface area contributed by atoms with Crippen LogP contribution in [-0.2, 0) is 0 Å². The molecule has 94 valence electrons. The molecule has 0 unspecified atom stereocenters. The topological polar surface area (TPSA) is 38.0 Å². The molecule has 3 heteroatoms. The highest BCUT2D eigenvalue weighted by molar-refractivity contribution is 6.33. The van der Waals surface area contributed by atoms with E-state index in [0.717, 1.165) is 17.8 Å². The SMILES string of the molecule is CCC1(CNc2cc(Cl)c(N)cc2C)CCC1. The monoisotopic (exact) mass is 252 g/mol. The van der Waals surface area contributed by atoms with Crippen molar-refractivity contribution in [1.82, 2.24) is 0 Å². The molecule has 1 aliphatic carbocycles. The highest BCUT2D eigenvalue weighted by Gasteiger charge is 2.34. The Hall–Kier alpha value is -0.890. The van der Waals surface area contributed by atoms with Gasteiger partial charge in [0.05, 0.1) is 10.7 Å². The molecule has 0 heterocycles. The van der Waals surface area contributed by atoms with Crippen LogP contribution in [0.2, 0.25) is 5.02 Å². The fourth-order valence-electron chi connectivity index (χ4n) is 2.51. The van der Waals surface area contributed by atoms with Crippen LogP contribution in [0.4, 0.5) is 11.4 Å². The second-order valence-corrected chi connectivity index (χ2v) is 5.66. The van der Waals surface area contributed by atoms with E-state index in [-0.39, 0.29) is 0 Å². The first-order valence-corrected chi connectivity index (χ1v) is 6.74. The van der Waals surface area contributed by atoms with Crippen LogP contribution in [0.1, 0.15) is 38.2 Å². The van der Waals surface area contributed by atoms with Crippen molar-refractivity contribution in [3.8, 4) is 0 Å². The van der Waals surface area contributed by atoms with E-state index in [2.05, 4.69) is 19.2 Å². The first-order valence-electron chi connectivity index (χ1n) is 6.36. The second-order valence-electron chi connectivity index (χ2n) is 5.25. The van der Waals surface area contributed by atoms with Crippen LogP contribution in [0.5, 0.6) is 0 Å². The fourth-order valence-corrected chi connectivity index (χ4v) is 2.67. The van der Waals surface area contributed by atoms with Gasteiger partial charge < -0.3 is 11.1 Å². The zero-order chi connectivity index (χ0) is 12.5. The Morgan fingerprint density at radius 1 is 1.41 bits per heavy atom. The predicted molar refractivity (Wildman–Crippen MR) is 75.7 cm³/mol.